The van der Waals surface area contributed by atoms with E-state index in [0.717, 1.165) is 28.0 Å². The second-order valence-electron chi connectivity index (χ2n) is 4.78. The summed E-state index contributed by atoms with van der Waals surface area (Å²) in [6.07, 6.45) is 4.61. The summed E-state index contributed by atoms with van der Waals surface area (Å²) < 4.78 is 1.01. The first-order valence-corrected chi connectivity index (χ1v) is 7.86. The van der Waals surface area contributed by atoms with Gasteiger partial charge in [0.25, 0.3) is 0 Å². The highest BCUT2D eigenvalue weighted by Gasteiger charge is 2.15. The van der Waals surface area contributed by atoms with Crippen LogP contribution in [0.1, 0.15) is 29.7 Å². The molecule has 0 aliphatic rings. The molecule has 0 saturated heterocycles. The van der Waals surface area contributed by atoms with Crippen molar-refractivity contribution in [1.82, 2.24) is 10.3 Å². The fourth-order valence-corrected chi connectivity index (χ4v) is 3.07. The third-order valence-electron chi connectivity index (χ3n) is 3.33. The van der Waals surface area contributed by atoms with Crippen molar-refractivity contribution in [3.63, 3.8) is 0 Å². The fraction of sp³-hybridized carbons (Fsp3) is 0.312. The first kappa shape index (κ1) is 15.5. The summed E-state index contributed by atoms with van der Waals surface area (Å²) in [7, 11) is 0. The number of aryl methyl sites for hydroxylation is 1. The first-order valence-electron chi connectivity index (χ1n) is 6.69. The molecule has 2 aromatic rings. The molecule has 0 spiro atoms. The second-order valence-corrected chi connectivity index (χ2v) is 6.11. The van der Waals surface area contributed by atoms with Crippen molar-refractivity contribution in [2.45, 2.75) is 26.3 Å². The number of aromatic nitrogens is 1. The average molecular weight is 354 g/mol. The molecule has 106 valence electrons. The van der Waals surface area contributed by atoms with Crippen LogP contribution in [0.4, 0.5) is 0 Å². The average Bonchev–Trinajstić information content (AvgIpc) is 2.42. The molecule has 1 unspecified atom stereocenters. The van der Waals surface area contributed by atoms with Gasteiger partial charge in [0.2, 0.25) is 0 Å². The van der Waals surface area contributed by atoms with E-state index in [2.05, 4.69) is 52.2 Å². The van der Waals surface area contributed by atoms with Gasteiger partial charge in [0.1, 0.15) is 0 Å². The van der Waals surface area contributed by atoms with Crippen molar-refractivity contribution < 1.29 is 0 Å². The minimum atomic E-state index is 0.252. The minimum Gasteiger partial charge on any atom is -0.310 e. The number of benzene rings is 1. The maximum Gasteiger partial charge on any atom is 0.0449 e. The molecule has 20 heavy (non-hydrogen) atoms. The highest BCUT2D eigenvalue weighted by molar-refractivity contribution is 9.10. The number of nitrogens with zero attached hydrogens (tertiary/aromatic N) is 1. The van der Waals surface area contributed by atoms with Crippen LogP contribution in [0.2, 0.25) is 5.02 Å². The van der Waals surface area contributed by atoms with Crippen LogP contribution in [-0.4, -0.2) is 11.5 Å². The highest BCUT2D eigenvalue weighted by Crippen LogP contribution is 2.27. The topological polar surface area (TPSA) is 24.9 Å². The lowest BCUT2D eigenvalue weighted by atomic mass is 9.96. The smallest absolute Gasteiger partial charge is 0.0449 e. The molecule has 0 radical (unpaired) electrons. The summed E-state index contributed by atoms with van der Waals surface area (Å²) in [5, 5.41) is 4.33. The maximum atomic E-state index is 6.33. The number of hydrogen-bond acceptors (Lipinski definition) is 2. The Labute approximate surface area is 133 Å². The largest absolute Gasteiger partial charge is 0.310 e. The van der Waals surface area contributed by atoms with Gasteiger partial charge in [0.15, 0.2) is 0 Å². The van der Waals surface area contributed by atoms with Crippen molar-refractivity contribution in [1.29, 1.82) is 0 Å². The monoisotopic (exact) mass is 352 g/mol. The number of likely N-dealkylation sites (N-methyl/N-ethyl adjacent to an activating group) is 1. The van der Waals surface area contributed by atoms with Gasteiger partial charge in [-0.15, -0.1) is 0 Å². The lowest BCUT2D eigenvalue weighted by Gasteiger charge is -2.21. The molecule has 1 atom stereocenters. The van der Waals surface area contributed by atoms with Crippen LogP contribution in [0.3, 0.4) is 0 Å². The Morgan fingerprint density at radius 1 is 1.35 bits per heavy atom. The van der Waals surface area contributed by atoms with Crippen LogP contribution in [0.5, 0.6) is 0 Å². The number of rotatable bonds is 5. The van der Waals surface area contributed by atoms with Gasteiger partial charge in [0.05, 0.1) is 0 Å². The molecule has 4 heteroatoms. The van der Waals surface area contributed by atoms with Crippen LogP contribution >= 0.6 is 27.5 Å². The van der Waals surface area contributed by atoms with Gasteiger partial charge in [-0.25, -0.2) is 0 Å². The zero-order chi connectivity index (χ0) is 14.5. The summed E-state index contributed by atoms with van der Waals surface area (Å²) in [5.74, 6) is 0. The van der Waals surface area contributed by atoms with E-state index in [1.54, 1.807) is 0 Å². The SMILES string of the molecule is CCNC(Cc1ccc(Br)cc1Cl)c1ccncc1C. The Balaban J connectivity index is 2.28. The Morgan fingerprint density at radius 3 is 2.80 bits per heavy atom. The van der Waals surface area contributed by atoms with Gasteiger partial charge in [0, 0.05) is 27.9 Å². The van der Waals surface area contributed by atoms with Crippen molar-refractivity contribution >= 4 is 27.5 Å². The Hall–Kier alpha value is -0.900. The predicted molar refractivity (Wildman–Crippen MR) is 88.2 cm³/mol. The third kappa shape index (κ3) is 3.81. The van der Waals surface area contributed by atoms with Gasteiger partial charge in [-0.3, -0.25) is 4.98 Å². The molecule has 1 aromatic heterocycles. The molecule has 1 aromatic carbocycles. The minimum absolute atomic E-state index is 0.252. The molecule has 2 rings (SSSR count). The van der Waals surface area contributed by atoms with Gasteiger partial charge < -0.3 is 5.32 Å². The molecule has 0 fully saturated rings. The van der Waals surface area contributed by atoms with Gasteiger partial charge in [-0.2, -0.15) is 0 Å². The molecule has 0 bridgehead atoms. The van der Waals surface area contributed by atoms with E-state index in [4.69, 9.17) is 11.6 Å². The molecule has 1 N–H and O–H groups in total. The standard InChI is InChI=1S/C16H18BrClN2/c1-3-20-16(14-6-7-19-10-11(14)2)8-12-4-5-13(17)9-15(12)18/h4-7,9-10,16,20H,3,8H2,1-2H3. The van der Waals surface area contributed by atoms with Gasteiger partial charge >= 0.3 is 0 Å². The highest BCUT2D eigenvalue weighted by atomic mass is 79.9. The number of pyridine rings is 1. The quantitative estimate of drug-likeness (QED) is 0.843. The second kappa shape index (κ2) is 7.21. The fourth-order valence-electron chi connectivity index (χ4n) is 2.32. The molecule has 2 nitrogen and oxygen atoms in total. The number of halogens is 2. The van der Waals surface area contributed by atoms with Gasteiger partial charge in [-0.05, 0) is 54.8 Å². The van der Waals surface area contributed by atoms with Crippen molar-refractivity contribution in [3.8, 4) is 0 Å². The maximum absolute atomic E-state index is 6.33. The predicted octanol–water partition coefficient (Wildman–Crippen LogP) is 4.70. The summed E-state index contributed by atoms with van der Waals surface area (Å²) in [4.78, 5) is 4.16. The molecule has 0 saturated carbocycles. The van der Waals surface area contributed by atoms with E-state index in [9.17, 15) is 0 Å². The summed E-state index contributed by atoms with van der Waals surface area (Å²) >= 11 is 9.77. The van der Waals surface area contributed by atoms with Crippen LogP contribution < -0.4 is 5.32 Å². The Morgan fingerprint density at radius 2 is 2.15 bits per heavy atom. The van der Waals surface area contributed by atoms with E-state index in [1.165, 1.54) is 11.1 Å². The lowest BCUT2D eigenvalue weighted by Crippen LogP contribution is -2.24. The van der Waals surface area contributed by atoms with E-state index < -0.39 is 0 Å². The molecule has 0 aliphatic heterocycles. The summed E-state index contributed by atoms with van der Waals surface area (Å²) in [5.41, 5.74) is 3.63. The lowest BCUT2D eigenvalue weighted by molar-refractivity contribution is 0.547. The van der Waals surface area contributed by atoms with Crippen molar-refractivity contribution in [3.05, 3.63) is 62.8 Å². The molecule has 1 heterocycles. The number of hydrogen-bond donors (Lipinski definition) is 1. The molecular weight excluding hydrogens is 336 g/mol. The Kier molecular flexibility index (Phi) is 5.58. The molecule has 0 aliphatic carbocycles. The van der Waals surface area contributed by atoms with Crippen LogP contribution in [0, 0.1) is 6.92 Å². The van der Waals surface area contributed by atoms with E-state index in [-0.39, 0.29) is 6.04 Å². The third-order valence-corrected chi connectivity index (χ3v) is 4.17. The first-order chi connectivity index (χ1) is 9.61. The Bertz CT molecular complexity index is 586. The molecular formula is C16H18BrClN2. The van der Waals surface area contributed by atoms with Crippen LogP contribution in [-0.2, 0) is 6.42 Å². The van der Waals surface area contributed by atoms with E-state index in [0.29, 0.717) is 0 Å². The zero-order valence-electron chi connectivity index (χ0n) is 11.7. The zero-order valence-corrected chi connectivity index (χ0v) is 14.0. The van der Waals surface area contributed by atoms with Crippen molar-refractivity contribution in [2.24, 2.45) is 0 Å². The van der Waals surface area contributed by atoms with Gasteiger partial charge in [-0.1, -0.05) is 40.5 Å². The molecule has 0 amide bonds. The van der Waals surface area contributed by atoms with E-state index in [1.807, 2.05) is 24.5 Å². The normalized spacial score (nSPS) is 12.4. The summed E-state index contributed by atoms with van der Waals surface area (Å²) in [6, 6.07) is 8.38. The van der Waals surface area contributed by atoms with Crippen LogP contribution in [0.15, 0.2) is 41.1 Å². The van der Waals surface area contributed by atoms with E-state index >= 15 is 0 Å². The van der Waals surface area contributed by atoms with Crippen LogP contribution in [0.25, 0.3) is 0 Å². The van der Waals surface area contributed by atoms with Crippen molar-refractivity contribution in [2.75, 3.05) is 6.54 Å². The number of nitrogens with one attached hydrogen (secondary N) is 1. The summed E-state index contributed by atoms with van der Waals surface area (Å²) in [6.45, 7) is 5.13.